The van der Waals surface area contributed by atoms with E-state index in [1.807, 2.05) is 24.3 Å². The number of H-pyrrole nitrogens is 1. The van der Waals surface area contributed by atoms with Gasteiger partial charge in [-0.3, -0.25) is 4.79 Å². The van der Waals surface area contributed by atoms with Crippen molar-refractivity contribution in [2.75, 3.05) is 0 Å². The number of fused-ring (bicyclic) bond motifs is 2. The number of para-hydroxylation sites is 1. The van der Waals surface area contributed by atoms with Crippen LogP contribution in [-0.4, -0.2) is 24.6 Å². The van der Waals surface area contributed by atoms with Crippen LogP contribution in [0.25, 0.3) is 28.1 Å². The highest BCUT2D eigenvalue weighted by Gasteiger charge is 2.14. The Morgan fingerprint density at radius 2 is 2.09 bits per heavy atom. The summed E-state index contributed by atoms with van der Waals surface area (Å²) in [6.45, 7) is 1.78. The van der Waals surface area contributed by atoms with E-state index >= 15 is 0 Å². The zero-order valence-corrected chi connectivity index (χ0v) is 13.1. The molecule has 0 radical (unpaired) electrons. The van der Waals surface area contributed by atoms with Crippen LogP contribution >= 0.6 is 15.9 Å². The first-order valence-electron chi connectivity index (χ1n) is 6.63. The number of halogens is 1. The molecule has 4 rings (SSSR count). The summed E-state index contributed by atoms with van der Waals surface area (Å²) in [6.07, 6.45) is 3.34. The van der Waals surface area contributed by atoms with Crippen molar-refractivity contribution in [1.29, 1.82) is 0 Å². The Labute approximate surface area is 133 Å². The highest BCUT2D eigenvalue weighted by molar-refractivity contribution is 9.10. The number of aromatic amines is 1. The molecule has 6 nitrogen and oxygen atoms in total. The molecule has 1 N–H and O–H groups in total. The Morgan fingerprint density at radius 3 is 2.95 bits per heavy atom. The SMILES string of the molecule is Cc1c(-c2nc3cnc(Br)cn3n2)[nH]c2ccccc2c1=O. The molecule has 4 aromatic rings. The summed E-state index contributed by atoms with van der Waals surface area (Å²) in [6, 6.07) is 7.41. The largest absolute Gasteiger partial charge is 0.351 e. The fourth-order valence-electron chi connectivity index (χ4n) is 2.44. The first kappa shape index (κ1) is 13.1. The third-order valence-corrected chi connectivity index (χ3v) is 3.97. The number of rotatable bonds is 1. The van der Waals surface area contributed by atoms with Crippen molar-refractivity contribution in [2.24, 2.45) is 0 Å². The van der Waals surface area contributed by atoms with Crippen LogP contribution in [0, 0.1) is 6.92 Å². The van der Waals surface area contributed by atoms with Gasteiger partial charge in [0.25, 0.3) is 0 Å². The van der Waals surface area contributed by atoms with Crippen molar-refractivity contribution in [3.05, 3.63) is 57.0 Å². The van der Waals surface area contributed by atoms with Crippen LogP contribution in [0.2, 0.25) is 0 Å². The lowest BCUT2D eigenvalue weighted by atomic mass is 10.1. The Balaban J connectivity index is 2.03. The molecule has 0 unspecified atom stereocenters. The second-order valence-electron chi connectivity index (χ2n) is 4.95. The second kappa shape index (κ2) is 4.74. The van der Waals surface area contributed by atoms with E-state index in [2.05, 4.69) is 36.0 Å². The molecule has 3 aromatic heterocycles. The molecule has 7 heteroatoms. The van der Waals surface area contributed by atoms with Crippen molar-refractivity contribution in [3.63, 3.8) is 0 Å². The summed E-state index contributed by atoms with van der Waals surface area (Å²) in [7, 11) is 0. The molecular weight excluding hydrogens is 346 g/mol. The smallest absolute Gasteiger partial charge is 0.199 e. The monoisotopic (exact) mass is 355 g/mol. The van der Waals surface area contributed by atoms with Gasteiger partial charge in [0, 0.05) is 16.5 Å². The summed E-state index contributed by atoms with van der Waals surface area (Å²) in [5.74, 6) is 0.472. The summed E-state index contributed by atoms with van der Waals surface area (Å²) in [5, 5.41) is 5.08. The van der Waals surface area contributed by atoms with E-state index in [-0.39, 0.29) is 5.43 Å². The fraction of sp³-hybridized carbons (Fsp3) is 0.0667. The van der Waals surface area contributed by atoms with Gasteiger partial charge in [-0.15, -0.1) is 5.10 Å². The van der Waals surface area contributed by atoms with E-state index in [9.17, 15) is 4.79 Å². The van der Waals surface area contributed by atoms with Crippen LogP contribution in [0.1, 0.15) is 5.56 Å². The minimum atomic E-state index is -0.0116. The van der Waals surface area contributed by atoms with E-state index < -0.39 is 0 Å². The molecule has 0 saturated heterocycles. The molecule has 0 amide bonds. The van der Waals surface area contributed by atoms with Gasteiger partial charge in [0.1, 0.15) is 4.60 Å². The van der Waals surface area contributed by atoms with Gasteiger partial charge in [0.15, 0.2) is 16.9 Å². The molecule has 0 aliphatic carbocycles. The molecule has 0 fully saturated rings. The van der Waals surface area contributed by atoms with Gasteiger partial charge in [-0.2, -0.15) is 0 Å². The Kier molecular flexibility index (Phi) is 2.83. The number of nitrogens with zero attached hydrogens (tertiary/aromatic N) is 4. The third kappa shape index (κ3) is 1.93. The zero-order chi connectivity index (χ0) is 15.3. The van der Waals surface area contributed by atoms with Gasteiger partial charge in [-0.1, -0.05) is 12.1 Å². The molecule has 22 heavy (non-hydrogen) atoms. The van der Waals surface area contributed by atoms with Crippen molar-refractivity contribution in [1.82, 2.24) is 24.6 Å². The number of pyridine rings is 1. The zero-order valence-electron chi connectivity index (χ0n) is 11.5. The predicted molar refractivity (Wildman–Crippen MR) is 86.8 cm³/mol. The predicted octanol–water partition coefficient (Wildman–Crippen LogP) is 2.70. The van der Waals surface area contributed by atoms with Gasteiger partial charge in [0.2, 0.25) is 0 Å². The van der Waals surface area contributed by atoms with Crippen molar-refractivity contribution < 1.29 is 0 Å². The van der Waals surface area contributed by atoms with Gasteiger partial charge in [-0.05, 0) is 35.0 Å². The molecule has 0 bridgehead atoms. The minimum Gasteiger partial charge on any atom is -0.351 e. The third-order valence-electron chi connectivity index (χ3n) is 3.56. The van der Waals surface area contributed by atoms with Crippen LogP contribution in [0.15, 0.2) is 46.1 Å². The van der Waals surface area contributed by atoms with E-state index in [0.29, 0.717) is 32.7 Å². The van der Waals surface area contributed by atoms with Crippen LogP contribution in [0.4, 0.5) is 0 Å². The Bertz CT molecular complexity index is 1080. The van der Waals surface area contributed by atoms with E-state index in [0.717, 1.165) is 5.52 Å². The summed E-state index contributed by atoms with van der Waals surface area (Å²) < 4.78 is 2.29. The quantitative estimate of drug-likeness (QED) is 0.569. The highest BCUT2D eigenvalue weighted by Crippen LogP contribution is 2.20. The molecule has 0 aliphatic heterocycles. The fourth-order valence-corrected chi connectivity index (χ4v) is 2.73. The lowest BCUT2D eigenvalue weighted by Gasteiger charge is -2.04. The van der Waals surface area contributed by atoms with Crippen LogP contribution < -0.4 is 5.43 Å². The molecule has 3 heterocycles. The van der Waals surface area contributed by atoms with Crippen LogP contribution in [0.3, 0.4) is 0 Å². The summed E-state index contributed by atoms with van der Waals surface area (Å²) in [4.78, 5) is 24.3. The Morgan fingerprint density at radius 1 is 1.27 bits per heavy atom. The number of hydrogen-bond donors (Lipinski definition) is 1. The topological polar surface area (TPSA) is 75.9 Å². The molecular formula is C15H10BrN5O. The molecule has 0 atom stereocenters. The lowest BCUT2D eigenvalue weighted by Crippen LogP contribution is -2.09. The van der Waals surface area contributed by atoms with E-state index in [1.54, 1.807) is 23.8 Å². The van der Waals surface area contributed by atoms with E-state index in [1.165, 1.54) is 0 Å². The van der Waals surface area contributed by atoms with Gasteiger partial charge < -0.3 is 4.98 Å². The van der Waals surface area contributed by atoms with Gasteiger partial charge in [0.05, 0.1) is 18.1 Å². The molecule has 0 spiro atoms. The number of benzene rings is 1. The average molecular weight is 356 g/mol. The first-order chi connectivity index (χ1) is 10.6. The maximum Gasteiger partial charge on any atom is 0.199 e. The minimum absolute atomic E-state index is 0.0116. The summed E-state index contributed by atoms with van der Waals surface area (Å²) in [5.41, 5.74) is 2.60. The molecule has 108 valence electrons. The Hall–Kier alpha value is -2.54. The van der Waals surface area contributed by atoms with E-state index in [4.69, 9.17) is 0 Å². The van der Waals surface area contributed by atoms with Crippen molar-refractivity contribution in [2.45, 2.75) is 6.92 Å². The highest BCUT2D eigenvalue weighted by atomic mass is 79.9. The molecule has 0 aliphatic rings. The van der Waals surface area contributed by atoms with Gasteiger partial charge in [-0.25, -0.2) is 14.5 Å². The van der Waals surface area contributed by atoms with Crippen molar-refractivity contribution in [3.8, 4) is 11.5 Å². The number of nitrogens with one attached hydrogen (secondary N) is 1. The second-order valence-corrected chi connectivity index (χ2v) is 5.76. The first-order valence-corrected chi connectivity index (χ1v) is 7.43. The maximum absolute atomic E-state index is 12.5. The molecule has 1 aromatic carbocycles. The lowest BCUT2D eigenvalue weighted by molar-refractivity contribution is 0.937. The number of aromatic nitrogens is 5. The standard InChI is InChI=1S/C15H10BrN5O/c1-8-13(18-10-5-3-2-4-9(10)14(8)22)15-19-12-6-17-11(16)7-21(12)20-15/h2-7H,1H3,(H,18,22). The van der Waals surface area contributed by atoms with Crippen LogP contribution in [-0.2, 0) is 0 Å². The number of hydrogen-bond acceptors (Lipinski definition) is 4. The average Bonchev–Trinajstić information content (AvgIpc) is 2.93. The van der Waals surface area contributed by atoms with Crippen molar-refractivity contribution >= 4 is 32.5 Å². The normalized spacial score (nSPS) is 11.4. The molecule has 0 saturated carbocycles. The van der Waals surface area contributed by atoms with Crippen LogP contribution in [0.5, 0.6) is 0 Å². The maximum atomic E-state index is 12.5. The summed E-state index contributed by atoms with van der Waals surface area (Å²) >= 11 is 3.30. The van der Waals surface area contributed by atoms with Gasteiger partial charge >= 0.3 is 0 Å².